The normalized spacial score (nSPS) is 14.2. The molecule has 0 saturated heterocycles. The lowest BCUT2D eigenvalue weighted by Gasteiger charge is -2.24. The van der Waals surface area contributed by atoms with Crippen LogP contribution in [0.3, 0.4) is 0 Å². The van der Waals surface area contributed by atoms with E-state index in [2.05, 4.69) is 18.1 Å². The van der Waals surface area contributed by atoms with Gasteiger partial charge in [-0.3, -0.25) is 4.68 Å². The zero-order valence-corrected chi connectivity index (χ0v) is 12.3. The number of phenols is 1. The van der Waals surface area contributed by atoms with Gasteiger partial charge in [0.15, 0.2) is 0 Å². The largest absolute Gasteiger partial charge is 0.508 e. The van der Waals surface area contributed by atoms with Crippen molar-refractivity contribution in [2.24, 2.45) is 0 Å². The standard InChI is InChI=1S/C16H22N2O2/c1-4-13-10-14(18(5-2)17-13)11-16(3,20)12-6-8-15(19)9-7-12/h6-10,19-20H,4-5,11H2,1-3H3. The van der Waals surface area contributed by atoms with Gasteiger partial charge in [-0.25, -0.2) is 0 Å². The highest BCUT2D eigenvalue weighted by Gasteiger charge is 2.25. The van der Waals surface area contributed by atoms with Crippen LogP contribution in [0.5, 0.6) is 5.75 Å². The summed E-state index contributed by atoms with van der Waals surface area (Å²) in [5.74, 6) is 0.205. The number of aromatic nitrogens is 2. The first-order chi connectivity index (χ1) is 9.46. The van der Waals surface area contributed by atoms with E-state index in [0.717, 1.165) is 29.9 Å². The summed E-state index contributed by atoms with van der Waals surface area (Å²) >= 11 is 0. The first kappa shape index (κ1) is 14.6. The number of hydrogen-bond acceptors (Lipinski definition) is 3. The summed E-state index contributed by atoms with van der Waals surface area (Å²) in [6.07, 6.45) is 1.39. The second kappa shape index (κ2) is 5.67. The zero-order chi connectivity index (χ0) is 14.8. The lowest BCUT2D eigenvalue weighted by Crippen LogP contribution is -2.25. The molecule has 0 aliphatic heterocycles. The van der Waals surface area contributed by atoms with Gasteiger partial charge in [0.1, 0.15) is 5.75 Å². The first-order valence-corrected chi connectivity index (χ1v) is 7.03. The molecule has 2 N–H and O–H groups in total. The summed E-state index contributed by atoms with van der Waals surface area (Å²) in [6, 6.07) is 8.75. The fraction of sp³-hybridized carbons (Fsp3) is 0.438. The molecule has 1 unspecified atom stereocenters. The van der Waals surface area contributed by atoms with E-state index < -0.39 is 5.60 Å². The van der Waals surface area contributed by atoms with Crippen molar-refractivity contribution in [3.05, 3.63) is 47.3 Å². The summed E-state index contributed by atoms with van der Waals surface area (Å²) in [5, 5.41) is 24.5. The van der Waals surface area contributed by atoms with Crippen molar-refractivity contribution in [2.75, 3.05) is 0 Å². The molecular weight excluding hydrogens is 252 g/mol. The van der Waals surface area contributed by atoms with Crippen LogP contribution in [0.1, 0.15) is 37.7 Å². The summed E-state index contributed by atoms with van der Waals surface area (Å²) in [5.41, 5.74) is 1.88. The van der Waals surface area contributed by atoms with Crippen molar-refractivity contribution in [1.82, 2.24) is 9.78 Å². The van der Waals surface area contributed by atoms with Gasteiger partial charge in [-0.15, -0.1) is 0 Å². The highest BCUT2D eigenvalue weighted by Crippen LogP contribution is 2.27. The summed E-state index contributed by atoms with van der Waals surface area (Å²) in [6.45, 7) is 6.70. The third kappa shape index (κ3) is 3.02. The lowest BCUT2D eigenvalue weighted by atomic mass is 9.91. The fourth-order valence-corrected chi connectivity index (χ4v) is 2.38. The molecule has 2 aromatic rings. The van der Waals surface area contributed by atoms with E-state index in [4.69, 9.17) is 0 Å². The number of aliphatic hydroxyl groups is 1. The Morgan fingerprint density at radius 3 is 2.40 bits per heavy atom. The SMILES string of the molecule is CCc1cc(CC(C)(O)c2ccc(O)cc2)n(CC)n1. The van der Waals surface area contributed by atoms with E-state index in [1.807, 2.05) is 11.6 Å². The van der Waals surface area contributed by atoms with Gasteiger partial charge in [0.2, 0.25) is 0 Å². The van der Waals surface area contributed by atoms with E-state index in [-0.39, 0.29) is 5.75 Å². The van der Waals surface area contributed by atoms with Crippen LogP contribution in [0.25, 0.3) is 0 Å². The molecule has 0 saturated carbocycles. The summed E-state index contributed by atoms with van der Waals surface area (Å²) < 4.78 is 1.94. The van der Waals surface area contributed by atoms with Gasteiger partial charge >= 0.3 is 0 Å². The summed E-state index contributed by atoms with van der Waals surface area (Å²) in [4.78, 5) is 0. The second-order valence-electron chi connectivity index (χ2n) is 5.29. The minimum Gasteiger partial charge on any atom is -0.508 e. The van der Waals surface area contributed by atoms with Crippen LogP contribution < -0.4 is 0 Å². The van der Waals surface area contributed by atoms with E-state index in [1.54, 1.807) is 31.2 Å². The number of hydrogen-bond donors (Lipinski definition) is 2. The van der Waals surface area contributed by atoms with Crippen LogP contribution in [0.4, 0.5) is 0 Å². The smallest absolute Gasteiger partial charge is 0.115 e. The maximum atomic E-state index is 10.7. The van der Waals surface area contributed by atoms with Crippen LogP contribution in [-0.4, -0.2) is 20.0 Å². The number of aryl methyl sites for hydroxylation is 2. The Morgan fingerprint density at radius 1 is 1.20 bits per heavy atom. The topological polar surface area (TPSA) is 58.3 Å². The first-order valence-electron chi connectivity index (χ1n) is 7.03. The van der Waals surface area contributed by atoms with Crippen molar-refractivity contribution < 1.29 is 10.2 Å². The number of phenolic OH excluding ortho intramolecular Hbond substituents is 1. The molecule has 4 heteroatoms. The average Bonchev–Trinajstić information content (AvgIpc) is 2.80. The number of aromatic hydroxyl groups is 1. The predicted molar refractivity (Wildman–Crippen MR) is 78.7 cm³/mol. The van der Waals surface area contributed by atoms with Crippen molar-refractivity contribution >= 4 is 0 Å². The molecule has 0 amide bonds. The molecule has 0 aliphatic carbocycles. The minimum absolute atomic E-state index is 0.205. The van der Waals surface area contributed by atoms with Gasteiger partial charge in [0.25, 0.3) is 0 Å². The average molecular weight is 274 g/mol. The van der Waals surface area contributed by atoms with Crippen LogP contribution >= 0.6 is 0 Å². The van der Waals surface area contributed by atoms with Crippen molar-refractivity contribution in [1.29, 1.82) is 0 Å². The van der Waals surface area contributed by atoms with Gasteiger partial charge in [-0.05, 0) is 44.0 Å². The van der Waals surface area contributed by atoms with E-state index >= 15 is 0 Å². The van der Waals surface area contributed by atoms with E-state index in [0.29, 0.717) is 6.42 Å². The monoisotopic (exact) mass is 274 g/mol. The van der Waals surface area contributed by atoms with Crippen LogP contribution in [0.2, 0.25) is 0 Å². The van der Waals surface area contributed by atoms with Gasteiger partial charge in [0, 0.05) is 18.7 Å². The third-order valence-electron chi connectivity index (χ3n) is 3.59. The molecule has 0 spiro atoms. The molecule has 0 fully saturated rings. The Balaban J connectivity index is 2.27. The number of rotatable bonds is 5. The predicted octanol–water partition coefficient (Wildman–Crippen LogP) is 2.62. The van der Waals surface area contributed by atoms with Crippen LogP contribution in [0, 0.1) is 0 Å². The Bertz CT molecular complexity index is 571. The van der Waals surface area contributed by atoms with Crippen LogP contribution in [-0.2, 0) is 25.0 Å². The van der Waals surface area contributed by atoms with Crippen molar-refractivity contribution in [2.45, 2.75) is 45.8 Å². The Morgan fingerprint density at radius 2 is 1.85 bits per heavy atom. The number of nitrogens with zero attached hydrogens (tertiary/aromatic N) is 2. The molecular formula is C16H22N2O2. The Labute approximate surface area is 119 Å². The Hall–Kier alpha value is -1.81. The van der Waals surface area contributed by atoms with E-state index in [1.165, 1.54) is 0 Å². The zero-order valence-electron chi connectivity index (χ0n) is 12.3. The quantitative estimate of drug-likeness (QED) is 0.881. The molecule has 4 nitrogen and oxygen atoms in total. The molecule has 0 bridgehead atoms. The fourth-order valence-electron chi connectivity index (χ4n) is 2.38. The number of benzene rings is 1. The molecule has 0 aliphatic rings. The van der Waals surface area contributed by atoms with Gasteiger partial charge in [-0.2, -0.15) is 5.10 Å². The molecule has 108 valence electrons. The maximum absolute atomic E-state index is 10.7. The highest BCUT2D eigenvalue weighted by atomic mass is 16.3. The molecule has 20 heavy (non-hydrogen) atoms. The minimum atomic E-state index is -0.980. The maximum Gasteiger partial charge on any atom is 0.115 e. The molecule has 1 atom stereocenters. The van der Waals surface area contributed by atoms with Gasteiger partial charge < -0.3 is 10.2 Å². The third-order valence-corrected chi connectivity index (χ3v) is 3.59. The molecule has 2 rings (SSSR count). The second-order valence-corrected chi connectivity index (χ2v) is 5.29. The van der Waals surface area contributed by atoms with Gasteiger partial charge in [-0.1, -0.05) is 19.1 Å². The molecule has 1 aromatic heterocycles. The van der Waals surface area contributed by atoms with E-state index in [9.17, 15) is 10.2 Å². The van der Waals surface area contributed by atoms with Gasteiger partial charge in [0.05, 0.1) is 11.3 Å². The molecule has 1 aromatic carbocycles. The molecule has 0 radical (unpaired) electrons. The lowest BCUT2D eigenvalue weighted by molar-refractivity contribution is 0.0553. The van der Waals surface area contributed by atoms with Crippen molar-refractivity contribution in [3.63, 3.8) is 0 Å². The molecule has 1 heterocycles. The summed E-state index contributed by atoms with van der Waals surface area (Å²) in [7, 11) is 0. The van der Waals surface area contributed by atoms with Crippen molar-refractivity contribution in [3.8, 4) is 5.75 Å². The highest BCUT2D eigenvalue weighted by molar-refractivity contribution is 5.30. The van der Waals surface area contributed by atoms with Crippen LogP contribution in [0.15, 0.2) is 30.3 Å². The Kier molecular flexibility index (Phi) is 4.14.